The van der Waals surface area contributed by atoms with Gasteiger partial charge in [0.2, 0.25) is 0 Å². The molecule has 0 aliphatic heterocycles. The van der Waals surface area contributed by atoms with Gasteiger partial charge in [-0.3, -0.25) is 0 Å². The van der Waals surface area contributed by atoms with Crippen molar-refractivity contribution < 1.29 is 43.2 Å². The molecule has 0 radical (unpaired) electrons. The van der Waals surface area contributed by atoms with Crippen LogP contribution < -0.4 is 0 Å². The maximum absolute atomic E-state index is 11.9. The predicted molar refractivity (Wildman–Crippen MR) is 107 cm³/mol. The van der Waals surface area contributed by atoms with Crippen LogP contribution in [-0.2, 0) is 23.7 Å². The van der Waals surface area contributed by atoms with Crippen LogP contribution in [0.3, 0.4) is 0 Å². The molecule has 0 aromatic heterocycles. The van der Waals surface area contributed by atoms with Gasteiger partial charge in [0.1, 0.15) is 18.3 Å². The lowest BCUT2D eigenvalue weighted by Gasteiger charge is -2.32. The molecule has 1 saturated carbocycles. The van der Waals surface area contributed by atoms with Crippen molar-refractivity contribution in [2.75, 3.05) is 13.2 Å². The number of rotatable bonds is 11. The van der Waals surface area contributed by atoms with Gasteiger partial charge < -0.3 is 28.8 Å². The summed E-state index contributed by atoms with van der Waals surface area (Å²) >= 11 is 0. The van der Waals surface area contributed by atoms with Gasteiger partial charge >= 0.3 is 18.5 Å². The van der Waals surface area contributed by atoms with E-state index in [0.717, 1.165) is 25.7 Å². The summed E-state index contributed by atoms with van der Waals surface area (Å²) in [6.45, 7) is 8.83. The van der Waals surface area contributed by atoms with E-state index < -0.39 is 36.8 Å². The van der Waals surface area contributed by atoms with Gasteiger partial charge in [0, 0.05) is 19.3 Å². The fourth-order valence-electron chi connectivity index (χ4n) is 3.23. The molecule has 0 saturated heterocycles. The second-order valence-corrected chi connectivity index (χ2v) is 8.46. The Bertz CT molecular complexity index is 495. The van der Waals surface area contributed by atoms with Gasteiger partial charge in [-0.25, -0.2) is 14.4 Å². The van der Waals surface area contributed by atoms with E-state index >= 15 is 0 Å². The molecule has 0 aromatic rings. The van der Waals surface area contributed by atoms with Crippen molar-refractivity contribution in [3.63, 3.8) is 0 Å². The molecule has 1 aliphatic rings. The summed E-state index contributed by atoms with van der Waals surface area (Å²) in [4.78, 5) is 34.7. The second-order valence-electron chi connectivity index (χ2n) is 8.46. The Morgan fingerprint density at radius 2 is 1.10 bits per heavy atom. The minimum Gasteiger partial charge on any atom is -0.450 e. The molecular formula is C21H36O9. The molecule has 9 nitrogen and oxygen atoms in total. The Kier molecular flexibility index (Phi) is 12.0. The van der Waals surface area contributed by atoms with E-state index in [4.69, 9.17) is 28.8 Å². The molecule has 1 rings (SSSR count). The molecule has 0 heterocycles. The number of carboxylic acid groups (broad SMARTS) is 1. The first kappa shape index (κ1) is 25.8. The summed E-state index contributed by atoms with van der Waals surface area (Å²) in [5.74, 6) is 1.03. The highest BCUT2D eigenvalue weighted by Crippen LogP contribution is 2.27. The van der Waals surface area contributed by atoms with Crippen molar-refractivity contribution >= 4 is 18.5 Å². The monoisotopic (exact) mass is 432 g/mol. The average molecular weight is 433 g/mol. The van der Waals surface area contributed by atoms with Crippen LogP contribution in [0.2, 0.25) is 0 Å². The Morgan fingerprint density at radius 3 is 1.43 bits per heavy atom. The summed E-state index contributed by atoms with van der Waals surface area (Å²) in [7, 11) is 0. The molecule has 0 aromatic carbocycles. The molecule has 174 valence electrons. The maximum atomic E-state index is 11.9. The highest BCUT2D eigenvalue weighted by Gasteiger charge is 2.36. The number of carbonyl (C=O) groups is 3. The third-order valence-corrected chi connectivity index (χ3v) is 4.66. The van der Waals surface area contributed by atoms with E-state index in [2.05, 4.69) is 27.7 Å². The van der Waals surface area contributed by atoms with E-state index in [1.165, 1.54) is 0 Å². The SMILES string of the molecule is CC(C)CCCOC(=O)OC1CC(OC(=O)O)CC(OC(=O)OCCCC(C)C)C1. The van der Waals surface area contributed by atoms with Crippen molar-refractivity contribution in [1.82, 2.24) is 0 Å². The Labute approximate surface area is 178 Å². The first-order valence-electron chi connectivity index (χ1n) is 10.7. The standard InChI is InChI=1S/C21H36O9/c1-14(2)7-5-9-26-20(24)29-17-11-16(28-19(22)23)12-18(13-17)30-21(25)27-10-6-8-15(3)4/h14-18H,5-13H2,1-4H3,(H,22,23). The fourth-order valence-corrected chi connectivity index (χ4v) is 3.23. The van der Waals surface area contributed by atoms with Crippen molar-refractivity contribution in [2.45, 2.75) is 91.0 Å². The predicted octanol–water partition coefficient (Wildman–Crippen LogP) is 5.15. The van der Waals surface area contributed by atoms with Gasteiger partial charge in [-0.05, 0) is 37.5 Å². The number of ether oxygens (including phenoxy) is 5. The molecular weight excluding hydrogens is 396 g/mol. The molecule has 2 unspecified atom stereocenters. The van der Waals surface area contributed by atoms with Crippen LogP contribution in [0.4, 0.5) is 14.4 Å². The van der Waals surface area contributed by atoms with Gasteiger partial charge in [0.25, 0.3) is 0 Å². The Morgan fingerprint density at radius 1 is 0.733 bits per heavy atom. The van der Waals surface area contributed by atoms with E-state index in [0.29, 0.717) is 11.8 Å². The normalized spacial score (nSPS) is 21.2. The van der Waals surface area contributed by atoms with Crippen LogP contribution >= 0.6 is 0 Å². The van der Waals surface area contributed by atoms with Gasteiger partial charge in [-0.15, -0.1) is 0 Å². The topological polar surface area (TPSA) is 118 Å². The fraction of sp³-hybridized carbons (Fsp3) is 0.857. The number of hydrogen-bond donors (Lipinski definition) is 1. The highest BCUT2D eigenvalue weighted by atomic mass is 16.7. The van der Waals surface area contributed by atoms with Crippen LogP contribution in [0.5, 0.6) is 0 Å². The molecule has 1 aliphatic carbocycles. The molecule has 0 amide bonds. The summed E-state index contributed by atoms with van der Waals surface area (Å²) in [5, 5.41) is 8.89. The Balaban J connectivity index is 2.48. The average Bonchev–Trinajstić information content (AvgIpc) is 2.61. The zero-order valence-corrected chi connectivity index (χ0v) is 18.5. The minimum atomic E-state index is -1.44. The summed E-state index contributed by atoms with van der Waals surface area (Å²) in [6.07, 6.45) is -1.30. The number of carbonyl (C=O) groups excluding carboxylic acids is 2. The maximum Gasteiger partial charge on any atom is 0.508 e. The van der Waals surface area contributed by atoms with Crippen molar-refractivity contribution in [3.05, 3.63) is 0 Å². The molecule has 1 fully saturated rings. The lowest BCUT2D eigenvalue weighted by Crippen LogP contribution is -2.40. The highest BCUT2D eigenvalue weighted by molar-refractivity contribution is 5.61. The van der Waals surface area contributed by atoms with E-state index in [1.54, 1.807) is 0 Å². The second kappa shape index (κ2) is 13.9. The third-order valence-electron chi connectivity index (χ3n) is 4.66. The lowest BCUT2D eigenvalue weighted by atomic mass is 9.92. The molecule has 9 heteroatoms. The van der Waals surface area contributed by atoms with E-state index in [-0.39, 0.29) is 32.5 Å². The van der Waals surface area contributed by atoms with E-state index in [1.807, 2.05) is 0 Å². The van der Waals surface area contributed by atoms with Crippen molar-refractivity contribution in [2.24, 2.45) is 11.8 Å². The first-order chi connectivity index (χ1) is 14.2. The summed E-state index contributed by atoms with van der Waals surface area (Å²) < 4.78 is 25.5. The third kappa shape index (κ3) is 12.4. The minimum absolute atomic E-state index is 0.177. The molecule has 0 spiro atoms. The van der Waals surface area contributed by atoms with Crippen LogP contribution in [0.25, 0.3) is 0 Å². The molecule has 2 atom stereocenters. The van der Waals surface area contributed by atoms with Crippen LogP contribution in [0.15, 0.2) is 0 Å². The van der Waals surface area contributed by atoms with Crippen molar-refractivity contribution in [1.29, 1.82) is 0 Å². The smallest absolute Gasteiger partial charge is 0.450 e. The van der Waals surface area contributed by atoms with Crippen LogP contribution in [0, 0.1) is 11.8 Å². The summed E-state index contributed by atoms with van der Waals surface area (Å²) in [6, 6.07) is 0. The number of hydrogen-bond acceptors (Lipinski definition) is 8. The van der Waals surface area contributed by atoms with Gasteiger partial charge in [-0.2, -0.15) is 0 Å². The largest absolute Gasteiger partial charge is 0.508 e. The molecule has 1 N–H and O–H groups in total. The van der Waals surface area contributed by atoms with Crippen molar-refractivity contribution in [3.8, 4) is 0 Å². The first-order valence-corrected chi connectivity index (χ1v) is 10.7. The Hall–Kier alpha value is -2.19. The lowest BCUT2D eigenvalue weighted by molar-refractivity contribution is -0.0740. The van der Waals surface area contributed by atoms with E-state index in [9.17, 15) is 14.4 Å². The molecule has 0 bridgehead atoms. The zero-order chi connectivity index (χ0) is 22.5. The van der Waals surface area contributed by atoms with Crippen LogP contribution in [-0.4, -0.2) is 55.1 Å². The molecule has 30 heavy (non-hydrogen) atoms. The van der Waals surface area contributed by atoms with Crippen LogP contribution in [0.1, 0.15) is 72.6 Å². The summed E-state index contributed by atoms with van der Waals surface area (Å²) in [5.41, 5.74) is 0. The van der Waals surface area contributed by atoms with Gasteiger partial charge in [0.05, 0.1) is 13.2 Å². The van der Waals surface area contributed by atoms with Gasteiger partial charge in [-0.1, -0.05) is 27.7 Å². The van der Waals surface area contributed by atoms with Gasteiger partial charge in [0.15, 0.2) is 0 Å². The quantitative estimate of drug-likeness (QED) is 0.268. The zero-order valence-electron chi connectivity index (χ0n) is 18.5.